The van der Waals surface area contributed by atoms with E-state index in [-0.39, 0.29) is 5.91 Å². The van der Waals surface area contributed by atoms with Gasteiger partial charge in [0.25, 0.3) is 0 Å². The van der Waals surface area contributed by atoms with Gasteiger partial charge in [-0.05, 0) is 43.6 Å². The SMILES string of the molecule is O=C(CCc1ccccc1)N1CCC[C@H](Cc2nc(C3CC3)no2)C1. The molecule has 0 bridgehead atoms. The maximum absolute atomic E-state index is 12.5. The molecule has 1 aromatic heterocycles. The summed E-state index contributed by atoms with van der Waals surface area (Å²) in [7, 11) is 0. The number of aromatic nitrogens is 2. The second-order valence-corrected chi connectivity index (χ2v) is 7.36. The zero-order valence-electron chi connectivity index (χ0n) is 14.6. The second-order valence-electron chi connectivity index (χ2n) is 7.36. The lowest BCUT2D eigenvalue weighted by Crippen LogP contribution is -2.40. The van der Waals surface area contributed by atoms with E-state index in [0.717, 1.165) is 50.5 Å². The lowest BCUT2D eigenvalue weighted by Gasteiger charge is -2.32. The minimum absolute atomic E-state index is 0.262. The maximum atomic E-state index is 12.5. The van der Waals surface area contributed by atoms with Gasteiger partial charge in [-0.15, -0.1) is 0 Å². The summed E-state index contributed by atoms with van der Waals surface area (Å²) in [4.78, 5) is 19.1. The van der Waals surface area contributed by atoms with Crippen LogP contribution < -0.4 is 0 Å². The highest BCUT2D eigenvalue weighted by Crippen LogP contribution is 2.38. The molecule has 0 spiro atoms. The van der Waals surface area contributed by atoms with E-state index in [4.69, 9.17) is 4.52 Å². The van der Waals surface area contributed by atoms with Gasteiger partial charge in [-0.2, -0.15) is 4.98 Å². The van der Waals surface area contributed by atoms with E-state index in [1.54, 1.807) is 0 Å². The van der Waals surface area contributed by atoms with E-state index in [0.29, 0.717) is 18.3 Å². The molecule has 2 aromatic rings. The lowest BCUT2D eigenvalue weighted by atomic mass is 9.94. The molecule has 5 nitrogen and oxygen atoms in total. The molecule has 1 aliphatic carbocycles. The first-order chi connectivity index (χ1) is 12.3. The molecule has 2 heterocycles. The van der Waals surface area contributed by atoms with Crippen molar-refractivity contribution in [3.63, 3.8) is 0 Å². The van der Waals surface area contributed by atoms with Crippen LogP contribution in [0.4, 0.5) is 0 Å². The standard InChI is InChI=1S/C20H25N3O2/c24-19(11-8-15-5-2-1-3-6-15)23-12-4-7-16(14-23)13-18-21-20(22-25-18)17-9-10-17/h1-3,5-6,16-17H,4,7-14H2/t16-/m1/s1. The van der Waals surface area contributed by atoms with E-state index in [2.05, 4.69) is 22.3 Å². The summed E-state index contributed by atoms with van der Waals surface area (Å²) >= 11 is 0. The van der Waals surface area contributed by atoms with Gasteiger partial charge in [0.15, 0.2) is 5.82 Å². The van der Waals surface area contributed by atoms with Gasteiger partial charge in [-0.3, -0.25) is 4.79 Å². The first-order valence-electron chi connectivity index (χ1n) is 9.42. The Bertz CT molecular complexity index is 709. The normalized spacial score (nSPS) is 20.6. The van der Waals surface area contributed by atoms with Crippen LogP contribution in [-0.4, -0.2) is 34.0 Å². The van der Waals surface area contributed by atoms with Gasteiger partial charge in [0.2, 0.25) is 11.8 Å². The number of likely N-dealkylation sites (tertiary alicyclic amines) is 1. The minimum Gasteiger partial charge on any atom is -0.342 e. The van der Waals surface area contributed by atoms with Gasteiger partial charge >= 0.3 is 0 Å². The van der Waals surface area contributed by atoms with Crippen LogP contribution in [-0.2, 0) is 17.6 Å². The van der Waals surface area contributed by atoms with Crippen molar-refractivity contribution in [2.75, 3.05) is 13.1 Å². The molecule has 1 aromatic carbocycles. The van der Waals surface area contributed by atoms with Gasteiger partial charge < -0.3 is 9.42 Å². The summed E-state index contributed by atoms with van der Waals surface area (Å²) < 4.78 is 5.41. The molecule has 2 fully saturated rings. The van der Waals surface area contributed by atoms with Crippen molar-refractivity contribution in [2.24, 2.45) is 5.92 Å². The molecule has 1 atom stereocenters. The number of amides is 1. The van der Waals surface area contributed by atoms with Gasteiger partial charge in [-0.1, -0.05) is 35.5 Å². The van der Waals surface area contributed by atoms with Crippen LogP contribution in [0.25, 0.3) is 0 Å². The third kappa shape index (κ3) is 4.27. The van der Waals surface area contributed by atoms with Crippen LogP contribution in [0.5, 0.6) is 0 Å². The number of nitrogens with zero attached hydrogens (tertiary/aromatic N) is 3. The number of piperidine rings is 1. The van der Waals surface area contributed by atoms with Crippen LogP contribution in [0.3, 0.4) is 0 Å². The van der Waals surface area contributed by atoms with Crippen LogP contribution >= 0.6 is 0 Å². The van der Waals surface area contributed by atoms with Gasteiger partial charge in [0.05, 0.1) is 0 Å². The monoisotopic (exact) mass is 339 g/mol. The van der Waals surface area contributed by atoms with Crippen molar-refractivity contribution in [3.05, 3.63) is 47.6 Å². The fourth-order valence-electron chi connectivity index (χ4n) is 3.62. The van der Waals surface area contributed by atoms with Crippen molar-refractivity contribution < 1.29 is 9.32 Å². The van der Waals surface area contributed by atoms with Crippen LogP contribution in [0, 0.1) is 5.92 Å². The Balaban J connectivity index is 1.28. The fourth-order valence-corrected chi connectivity index (χ4v) is 3.62. The number of rotatable bonds is 6. The molecule has 1 amide bonds. The molecule has 2 aliphatic rings. The molecular weight excluding hydrogens is 314 g/mol. The Morgan fingerprint density at radius 2 is 2.04 bits per heavy atom. The third-order valence-corrected chi connectivity index (χ3v) is 5.23. The number of benzene rings is 1. The van der Waals surface area contributed by atoms with E-state index in [1.807, 2.05) is 23.1 Å². The lowest BCUT2D eigenvalue weighted by molar-refractivity contribution is -0.133. The smallest absolute Gasteiger partial charge is 0.226 e. The predicted molar refractivity (Wildman–Crippen MR) is 94.0 cm³/mol. The molecule has 4 rings (SSSR count). The fraction of sp³-hybridized carbons (Fsp3) is 0.550. The highest BCUT2D eigenvalue weighted by Gasteiger charge is 2.30. The van der Waals surface area contributed by atoms with Crippen LogP contribution in [0.1, 0.15) is 55.3 Å². The van der Waals surface area contributed by atoms with E-state index in [9.17, 15) is 4.79 Å². The van der Waals surface area contributed by atoms with Gasteiger partial charge in [0.1, 0.15) is 0 Å². The average molecular weight is 339 g/mol. The number of carbonyl (C=O) groups excluding carboxylic acids is 1. The number of aryl methyl sites for hydroxylation is 1. The quantitative estimate of drug-likeness (QED) is 0.810. The summed E-state index contributed by atoms with van der Waals surface area (Å²) in [5.74, 6) is 2.84. The first kappa shape index (κ1) is 16.3. The van der Waals surface area contributed by atoms with E-state index < -0.39 is 0 Å². The third-order valence-electron chi connectivity index (χ3n) is 5.23. The van der Waals surface area contributed by atoms with Crippen molar-refractivity contribution in [3.8, 4) is 0 Å². The number of hydrogen-bond donors (Lipinski definition) is 0. The number of carbonyl (C=O) groups is 1. The van der Waals surface area contributed by atoms with Gasteiger partial charge in [0, 0.05) is 31.8 Å². The van der Waals surface area contributed by atoms with Crippen LogP contribution in [0.15, 0.2) is 34.9 Å². The second kappa shape index (κ2) is 7.38. The molecule has 132 valence electrons. The predicted octanol–water partition coefficient (Wildman–Crippen LogP) is 3.36. The highest BCUT2D eigenvalue weighted by atomic mass is 16.5. The Morgan fingerprint density at radius 1 is 1.20 bits per heavy atom. The Kier molecular flexibility index (Phi) is 4.81. The van der Waals surface area contributed by atoms with Crippen LogP contribution in [0.2, 0.25) is 0 Å². The molecular formula is C20H25N3O2. The summed E-state index contributed by atoms with van der Waals surface area (Å²) in [5.41, 5.74) is 1.22. The van der Waals surface area contributed by atoms with Gasteiger partial charge in [-0.25, -0.2) is 0 Å². The molecule has 5 heteroatoms. The zero-order valence-corrected chi connectivity index (χ0v) is 14.6. The largest absolute Gasteiger partial charge is 0.342 e. The molecule has 1 saturated heterocycles. The molecule has 1 saturated carbocycles. The van der Waals surface area contributed by atoms with Crippen molar-refractivity contribution in [2.45, 2.75) is 50.9 Å². The summed E-state index contributed by atoms with van der Waals surface area (Å²) in [5, 5.41) is 4.09. The molecule has 0 N–H and O–H groups in total. The zero-order chi connectivity index (χ0) is 17.1. The molecule has 25 heavy (non-hydrogen) atoms. The molecule has 0 unspecified atom stereocenters. The summed E-state index contributed by atoms with van der Waals surface area (Å²) in [6, 6.07) is 10.2. The Labute approximate surface area is 148 Å². The average Bonchev–Trinajstić information content (AvgIpc) is 3.40. The summed E-state index contributed by atoms with van der Waals surface area (Å²) in [6.45, 7) is 1.69. The highest BCUT2D eigenvalue weighted by molar-refractivity contribution is 5.76. The van der Waals surface area contributed by atoms with E-state index >= 15 is 0 Å². The topological polar surface area (TPSA) is 59.2 Å². The summed E-state index contributed by atoms with van der Waals surface area (Å²) in [6.07, 6.45) is 6.76. The molecule has 0 radical (unpaired) electrons. The van der Waals surface area contributed by atoms with E-state index in [1.165, 1.54) is 18.4 Å². The van der Waals surface area contributed by atoms with Crippen molar-refractivity contribution in [1.82, 2.24) is 15.0 Å². The minimum atomic E-state index is 0.262. The maximum Gasteiger partial charge on any atom is 0.226 e. The van der Waals surface area contributed by atoms with Crippen molar-refractivity contribution >= 4 is 5.91 Å². The Hall–Kier alpha value is -2.17. The number of hydrogen-bond acceptors (Lipinski definition) is 4. The first-order valence-corrected chi connectivity index (χ1v) is 9.42. The van der Waals surface area contributed by atoms with Crippen molar-refractivity contribution in [1.29, 1.82) is 0 Å². The Morgan fingerprint density at radius 3 is 2.84 bits per heavy atom. The molecule has 1 aliphatic heterocycles.